The Balaban J connectivity index is 1.55. The van der Waals surface area contributed by atoms with Gasteiger partial charge in [0.1, 0.15) is 5.69 Å². The third kappa shape index (κ3) is 2.87. The van der Waals surface area contributed by atoms with Crippen LogP contribution in [-0.2, 0) is 11.3 Å². The van der Waals surface area contributed by atoms with Crippen LogP contribution < -0.4 is 0 Å². The first-order chi connectivity index (χ1) is 10.7. The van der Waals surface area contributed by atoms with Gasteiger partial charge in [0.2, 0.25) is 5.91 Å². The van der Waals surface area contributed by atoms with Gasteiger partial charge in [-0.2, -0.15) is 5.10 Å². The summed E-state index contributed by atoms with van der Waals surface area (Å²) in [7, 11) is 0. The summed E-state index contributed by atoms with van der Waals surface area (Å²) in [5.74, 6) is 0.203. The summed E-state index contributed by atoms with van der Waals surface area (Å²) in [4.78, 5) is 28.6. The molecule has 0 radical (unpaired) electrons. The molecule has 6 nitrogen and oxygen atoms in total. The molecule has 3 rings (SSSR count). The van der Waals surface area contributed by atoms with Gasteiger partial charge < -0.3 is 9.80 Å². The lowest BCUT2D eigenvalue weighted by atomic mass is 9.97. The average molecular weight is 304 g/mol. The van der Waals surface area contributed by atoms with E-state index in [4.69, 9.17) is 0 Å². The lowest BCUT2D eigenvalue weighted by molar-refractivity contribution is -0.139. The van der Waals surface area contributed by atoms with Crippen molar-refractivity contribution in [3.8, 4) is 0 Å². The molecule has 6 heteroatoms. The average Bonchev–Trinajstić information content (AvgIpc) is 2.79. The molecule has 0 saturated carbocycles. The first-order valence-electron chi connectivity index (χ1n) is 8.30. The number of aryl methyl sites for hydroxylation is 1. The Morgan fingerprint density at radius 3 is 2.45 bits per heavy atom. The fourth-order valence-corrected chi connectivity index (χ4v) is 3.28. The topological polar surface area (TPSA) is 58.4 Å². The summed E-state index contributed by atoms with van der Waals surface area (Å²) in [6, 6.07) is 1.75. The molecule has 0 aliphatic carbocycles. The van der Waals surface area contributed by atoms with Crippen LogP contribution in [0.5, 0.6) is 0 Å². The minimum absolute atomic E-state index is 0.0138. The highest BCUT2D eigenvalue weighted by Crippen LogP contribution is 2.22. The van der Waals surface area contributed by atoms with E-state index < -0.39 is 0 Å². The first-order valence-corrected chi connectivity index (χ1v) is 8.30. The molecule has 0 aromatic carbocycles. The molecule has 2 amide bonds. The third-order valence-electron chi connectivity index (χ3n) is 4.67. The van der Waals surface area contributed by atoms with Crippen molar-refractivity contribution in [1.29, 1.82) is 0 Å². The molecule has 0 spiro atoms. The van der Waals surface area contributed by atoms with Crippen molar-refractivity contribution >= 4 is 11.8 Å². The van der Waals surface area contributed by atoms with Crippen molar-refractivity contribution < 1.29 is 9.59 Å². The lowest BCUT2D eigenvalue weighted by Gasteiger charge is -2.40. The number of carbonyl (C=O) groups excluding carboxylic acids is 2. The molecule has 2 aliphatic heterocycles. The highest BCUT2D eigenvalue weighted by atomic mass is 16.2. The Labute approximate surface area is 131 Å². The maximum atomic E-state index is 12.5. The van der Waals surface area contributed by atoms with Crippen LogP contribution >= 0.6 is 0 Å². The van der Waals surface area contributed by atoms with Gasteiger partial charge in [-0.15, -0.1) is 0 Å². The minimum atomic E-state index is -0.0146. The predicted octanol–water partition coefficient (Wildman–Crippen LogP) is 1.38. The molecule has 0 atom stereocenters. The summed E-state index contributed by atoms with van der Waals surface area (Å²) < 4.78 is 1.70. The maximum Gasteiger partial charge on any atom is 0.272 e. The second-order valence-electron chi connectivity index (χ2n) is 6.18. The van der Waals surface area contributed by atoms with Gasteiger partial charge in [0.05, 0.1) is 5.92 Å². The van der Waals surface area contributed by atoms with E-state index in [2.05, 4.69) is 5.10 Å². The largest absolute Gasteiger partial charge is 0.342 e. The molecule has 0 N–H and O–H groups in total. The molecule has 0 bridgehead atoms. The molecule has 120 valence electrons. The van der Waals surface area contributed by atoms with Crippen LogP contribution in [0.3, 0.4) is 0 Å². The highest BCUT2D eigenvalue weighted by Gasteiger charge is 2.38. The number of hydrogen-bond acceptors (Lipinski definition) is 3. The van der Waals surface area contributed by atoms with Gasteiger partial charge in [-0.3, -0.25) is 14.3 Å². The zero-order valence-corrected chi connectivity index (χ0v) is 13.2. The molecule has 0 unspecified atom stereocenters. The summed E-state index contributed by atoms with van der Waals surface area (Å²) in [5, 5.41) is 4.13. The molecule has 2 fully saturated rings. The Morgan fingerprint density at radius 1 is 1.14 bits per heavy atom. The van der Waals surface area contributed by atoms with E-state index in [-0.39, 0.29) is 17.7 Å². The summed E-state index contributed by atoms with van der Waals surface area (Å²) in [6.45, 7) is 5.49. The fourth-order valence-electron chi connectivity index (χ4n) is 3.28. The minimum Gasteiger partial charge on any atom is -0.342 e. The lowest BCUT2D eigenvalue weighted by Crippen LogP contribution is -2.56. The van der Waals surface area contributed by atoms with Crippen molar-refractivity contribution in [2.75, 3.05) is 26.2 Å². The quantitative estimate of drug-likeness (QED) is 0.847. The molecule has 2 aliphatic rings. The van der Waals surface area contributed by atoms with Crippen molar-refractivity contribution in [2.45, 2.75) is 39.2 Å². The smallest absolute Gasteiger partial charge is 0.272 e. The van der Waals surface area contributed by atoms with Crippen LogP contribution in [0.25, 0.3) is 0 Å². The van der Waals surface area contributed by atoms with Crippen LogP contribution in [0, 0.1) is 5.92 Å². The molecular weight excluding hydrogens is 280 g/mol. The summed E-state index contributed by atoms with van der Waals surface area (Å²) in [6.07, 6.45) is 6.31. The van der Waals surface area contributed by atoms with Crippen molar-refractivity contribution in [1.82, 2.24) is 19.6 Å². The molecule has 1 aromatic rings. The van der Waals surface area contributed by atoms with E-state index >= 15 is 0 Å². The van der Waals surface area contributed by atoms with Gasteiger partial charge in [0.25, 0.3) is 5.91 Å². The fraction of sp³-hybridized carbons (Fsp3) is 0.688. The molecule has 3 heterocycles. The van der Waals surface area contributed by atoms with E-state index in [0.29, 0.717) is 25.3 Å². The number of likely N-dealkylation sites (tertiary alicyclic amines) is 2. The molecule has 1 aromatic heterocycles. The number of hydrogen-bond donors (Lipinski definition) is 0. The SMILES string of the molecule is CCn1nccc1C(=O)N1CC(C(=O)N2CCCCCC2)C1. The zero-order valence-electron chi connectivity index (χ0n) is 13.2. The second-order valence-corrected chi connectivity index (χ2v) is 6.18. The van der Waals surface area contributed by atoms with Crippen LogP contribution in [-0.4, -0.2) is 57.6 Å². The van der Waals surface area contributed by atoms with E-state index in [0.717, 1.165) is 25.9 Å². The van der Waals surface area contributed by atoms with Crippen molar-refractivity contribution in [3.63, 3.8) is 0 Å². The van der Waals surface area contributed by atoms with E-state index in [9.17, 15) is 9.59 Å². The van der Waals surface area contributed by atoms with Crippen molar-refractivity contribution in [2.24, 2.45) is 5.92 Å². The Kier molecular flexibility index (Phi) is 4.45. The van der Waals surface area contributed by atoms with Gasteiger partial charge in [0, 0.05) is 38.9 Å². The number of rotatable bonds is 3. The molecular formula is C16H24N4O2. The van der Waals surface area contributed by atoms with Crippen LogP contribution in [0.2, 0.25) is 0 Å². The Morgan fingerprint density at radius 2 is 1.82 bits per heavy atom. The van der Waals surface area contributed by atoms with E-state index in [1.54, 1.807) is 21.8 Å². The van der Waals surface area contributed by atoms with Crippen LogP contribution in [0.1, 0.15) is 43.1 Å². The second kappa shape index (κ2) is 6.50. The van der Waals surface area contributed by atoms with E-state index in [1.807, 2.05) is 11.8 Å². The van der Waals surface area contributed by atoms with Crippen LogP contribution in [0.15, 0.2) is 12.3 Å². The third-order valence-corrected chi connectivity index (χ3v) is 4.67. The van der Waals surface area contributed by atoms with Crippen molar-refractivity contribution in [3.05, 3.63) is 18.0 Å². The Bertz CT molecular complexity index is 540. The normalized spacial score (nSPS) is 19.7. The predicted molar refractivity (Wildman–Crippen MR) is 82.3 cm³/mol. The van der Waals surface area contributed by atoms with Gasteiger partial charge in [-0.1, -0.05) is 12.8 Å². The monoisotopic (exact) mass is 304 g/mol. The Hall–Kier alpha value is -1.85. The standard InChI is InChI=1S/C16H24N4O2/c1-2-20-14(7-8-17-20)16(22)19-11-13(12-19)15(21)18-9-5-3-4-6-10-18/h7-8,13H,2-6,9-12H2,1H3. The summed E-state index contributed by atoms with van der Waals surface area (Å²) >= 11 is 0. The number of amides is 2. The highest BCUT2D eigenvalue weighted by molar-refractivity contribution is 5.94. The van der Waals surface area contributed by atoms with Gasteiger partial charge in [0.15, 0.2) is 0 Å². The zero-order chi connectivity index (χ0) is 15.5. The molecule has 22 heavy (non-hydrogen) atoms. The van der Waals surface area contributed by atoms with E-state index in [1.165, 1.54) is 12.8 Å². The first kappa shape index (κ1) is 15.1. The van der Waals surface area contributed by atoms with Crippen LogP contribution in [0.4, 0.5) is 0 Å². The maximum absolute atomic E-state index is 12.5. The number of aromatic nitrogens is 2. The van der Waals surface area contributed by atoms with Gasteiger partial charge >= 0.3 is 0 Å². The number of carbonyl (C=O) groups is 2. The number of nitrogens with zero attached hydrogens (tertiary/aromatic N) is 4. The molecule has 2 saturated heterocycles. The van der Waals surface area contributed by atoms with Gasteiger partial charge in [-0.05, 0) is 25.8 Å². The summed E-state index contributed by atoms with van der Waals surface area (Å²) in [5.41, 5.74) is 0.614. The van der Waals surface area contributed by atoms with Gasteiger partial charge in [-0.25, -0.2) is 0 Å².